The molecule has 0 N–H and O–H groups in total. The van der Waals surface area contributed by atoms with Gasteiger partial charge in [-0.25, -0.2) is 19.7 Å². The van der Waals surface area contributed by atoms with Crippen LogP contribution in [-0.2, 0) is 4.74 Å². The first-order valence-corrected chi connectivity index (χ1v) is 13.7. The molecule has 0 bridgehead atoms. The lowest BCUT2D eigenvalue weighted by Crippen LogP contribution is -2.47. The topological polar surface area (TPSA) is 93.1 Å². The van der Waals surface area contributed by atoms with Gasteiger partial charge in [-0.3, -0.25) is 4.90 Å². The van der Waals surface area contributed by atoms with Gasteiger partial charge < -0.3 is 24.0 Å². The van der Waals surface area contributed by atoms with Crippen LogP contribution in [0.4, 0.5) is 16.2 Å². The molecule has 0 radical (unpaired) electrons. The van der Waals surface area contributed by atoms with Crippen LogP contribution >= 0.6 is 0 Å². The van der Waals surface area contributed by atoms with Gasteiger partial charge in [0.25, 0.3) is 0 Å². The molecule has 10 heteroatoms. The van der Waals surface area contributed by atoms with Crippen molar-refractivity contribution in [1.29, 1.82) is 0 Å². The van der Waals surface area contributed by atoms with E-state index in [1.165, 1.54) is 19.3 Å². The van der Waals surface area contributed by atoms with E-state index in [9.17, 15) is 4.79 Å². The van der Waals surface area contributed by atoms with Gasteiger partial charge in [0, 0.05) is 51.1 Å². The van der Waals surface area contributed by atoms with E-state index in [-0.39, 0.29) is 12.2 Å². The first-order valence-electron chi connectivity index (χ1n) is 13.7. The monoisotopic (exact) mass is 508 g/mol. The second-order valence-corrected chi connectivity index (χ2v) is 10.6. The molecule has 2 aromatic rings. The number of nitrogens with zero attached hydrogens (tertiary/aromatic N) is 6. The van der Waals surface area contributed by atoms with Crippen LogP contribution in [0.3, 0.4) is 0 Å². The summed E-state index contributed by atoms with van der Waals surface area (Å²) in [6, 6.07) is 5.20. The lowest BCUT2D eigenvalue weighted by atomic mass is 9.90. The Kier molecular flexibility index (Phi) is 6.75. The van der Waals surface area contributed by atoms with Crippen molar-refractivity contribution in [2.45, 2.75) is 69.6 Å². The summed E-state index contributed by atoms with van der Waals surface area (Å²) < 4.78 is 17.4. The minimum atomic E-state index is -0.489. The molecule has 1 spiro atoms. The van der Waals surface area contributed by atoms with Crippen molar-refractivity contribution >= 4 is 17.5 Å². The second-order valence-electron chi connectivity index (χ2n) is 10.6. The quantitative estimate of drug-likeness (QED) is 0.555. The zero-order valence-electron chi connectivity index (χ0n) is 21.6. The smallest absolute Gasteiger partial charge is 0.415 e. The van der Waals surface area contributed by atoms with E-state index < -0.39 is 5.60 Å². The summed E-state index contributed by atoms with van der Waals surface area (Å²) >= 11 is 0. The number of ether oxygens (including phenoxy) is 3. The van der Waals surface area contributed by atoms with Crippen LogP contribution in [0, 0.1) is 0 Å². The Bertz CT molecular complexity index is 1060. The maximum Gasteiger partial charge on any atom is 0.415 e. The van der Waals surface area contributed by atoms with E-state index in [0.717, 1.165) is 63.6 Å². The maximum absolute atomic E-state index is 12.7. The summed E-state index contributed by atoms with van der Waals surface area (Å²) in [6.07, 6.45) is 12.8. The Balaban J connectivity index is 0.997. The molecule has 5 heterocycles. The maximum atomic E-state index is 12.7. The van der Waals surface area contributed by atoms with Crippen molar-refractivity contribution in [1.82, 2.24) is 19.9 Å². The average molecular weight is 509 g/mol. The first-order chi connectivity index (χ1) is 18.1. The number of rotatable bonds is 7. The Morgan fingerprint density at radius 1 is 0.973 bits per heavy atom. The highest BCUT2D eigenvalue weighted by Gasteiger charge is 2.47. The number of amides is 1. The summed E-state index contributed by atoms with van der Waals surface area (Å²) in [5, 5.41) is 0. The highest BCUT2D eigenvalue weighted by atomic mass is 16.6. The van der Waals surface area contributed by atoms with E-state index in [0.29, 0.717) is 30.7 Å². The van der Waals surface area contributed by atoms with Gasteiger partial charge in [-0.1, -0.05) is 6.42 Å². The molecule has 1 amide bonds. The molecular weight excluding hydrogens is 472 g/mol. The van der Waals surface area contributed by atoms with Crippen molar-refractivity contribution in [3.63, 3.8) is 0 Å². The summed E-state index contributed by atoms with van der Waals surface area (Å²) in [4.78, 5) is 32.2. The number of likely N-dealkylation sites (tertiary alicyclic amines) is 1. The molecule has 10 nitrogen and oxygen atoms in total. The molecular formula is C27H36N6O4. The Morgan fingerprint density at radius 3 is 2.32 bits per heavy atom. The van der Waals surface area contributed by atoms with Gasteiger partial charge in [-0.2, -0.15) is 0 Å². The van der Waals surface area contributed by atoms with Crippen LogP contribution in [0.15, 0.2) is 30.7 Å². The van der Waals surface area contributed by atoms with Gasteiger partial charge in [0.05, 0.1) is 43.1 Å². The second kappa shape index (κ2) is 10.3. The van der Waals surface area contributed by atoms with E-state index in [4.69, 9.17) is 14.2 Å². The molecule has 3 saturated heterocycles. The van der Waals surface area contributed by atoms with Crippen LogP contribution in [0.2, 0.25) is 0 Å². The molecule has 2 aromatic heterocycles. The average Bonchev–Trinajstić information content (AvgIpc) is 3.21. The van der Waals surface area contributed by atoms with E-state index in [1.807, 2.05) is 19.2 Å². The molecule has 1 saturated carbocycles. The zero-order valence-corrected chi connectivity index (χ0v) is 21.6. The zero-order chi connectivity index (χ0) is 25.2. The number of anilines is 2. The third kappa shape index (κ3) is 5.16. The number of hydrogen-bond donors (Lipinski definition) is 0. The molecule has 0 atom stereocenters. The molecule has 1 aliphatic carbocycles. The summed E-state index contributed by atoms with van der Waals surface area (Å²) in [6.45, 7) is 6.74. The summed E-state index contributed by atoms with van der Waals surface area (Å²) in [5.74, 6) is 0.706. The SMILES string of the molecule is CCOc1ncc(N2CC3(CCN(c4ccc(OC5CCN(C6CCC6)CC5)nc4)CC3)OC2=O)cn1. The fraction of sp³-hybridized carbons (Fsp3) is 0.630. The molecule has 0 aromatic carbocycles. The third-order valence-corrected chi connectivity index (χ3v) is 8.29. The molecule has 4 fully saturated rings. The molecule has 6 rings (SSSR count). The highest BCUT2D eigenvalue weighted by Crippen LogP contribution is 2.37. The first kappa shape index (κ1) is 24.2. The van der Waals surface area contributed by atoms with Crippen LogP contribution in [0.1, 0.15) is 51.9 Å². The minimum absolute atomic E-state index is 0.255. The van der Waals surface area contributed by atoms with E-state index in [2.05, 4.69) is 30.8 Å². The summed E-state index contributed by atoms with van der Waals surface area (Å²) in [7, 11) is 0. The molecule has 0 unspecified atom stereocenters. The number of pyridine rings is 1. The number of aromatic nitrogens is 3. The van der Waals surface area contributed by atoms with Gasteiger partial charge in [0.1, 0.15) is 11.7 Å². The van der Waals surface area contributed by atoms with Gasteiger partial charge in [0.15, 0.2) is 0 Å². The van der Waals surface area contributed by atoms with E-state index >= 15 is 0 Å². The Morgan fingerprint density at radius 2 is 1.70 bits per heavy atom. The van der Waals surface area contributed by atoms with Gasteiger partial charge in [-0.15, -0.1) is 0 Å². The third-order valence-electron chi connectivity index (χ3n) is 8.29. The van der Waals surface area contributed by atoms with Gasteiger partial charge in [-0.05, 0) is 38.7 Å². The Labute approximate surface area is 217 Å². The minimum Gasteiger partial charge on any atom is -0.474 e. The lowest BCUT2D eigenvalue weighted by Gasteiger charge is -2.41. The molecule has 198 valence electrons. The normalized spacial score (nSPS) is 22.7. The van der Waals surface area contributed by atoms with Crippen molar-refractivity contribution < 1.29 is 19.0 Å². The van der Waals surface area contributed by atoms with Crippen molar-refractivity contribution in [3.8, 4) is 11.9 Å². The van der Waals surface area contributed by atoms with E-state index in [1.54, 1.807) is 17.3 Å². The summed E-state index contributed by atoms with van der Waals surface area (Å²) in [5.41, 5.74) is 1.21. The van der Waals surface area contributed by atoms with Crippen LogP contribution in [0.25, 0.3) is 0 Å². The van der Waals surface area contributed by atoms with Gasteiger partial charge in [0.2, 0.25) is 5.88 Å². The molecule has 4 aliphatic rings. The van der Waals surface area contributed by atoms with Crippen LogP contribution < -0.4 is 19.3 Å². The highest BCUT2D eigenvalue weighted by molar-refractivity contribution is 5.90. The molecule has 37 heavy (non-hydrogen) atoms. The van der Waals surface area contributed by atoms with Crippen LogP contribution in [0.5, 0.6) is 11.9 Å². The van der Waals surface area contributed by atoms with Crippen LogP contribution in [-0.4, -0.2) is 83.0 Å². The predicted molar refractivity (Wildman–Crippen MR) is 138 cm³/mol. The fourth-order valence-corrected chi connectivity index (χ4v) is 5.82. The molecule has 3 aliphatic heterocycles. The van der Waals surface area contributed by atoms with Crippen molar-refractivity contribution in [2.24, 2.45) is 0 Å². The largest absolute Gasteiger partial charge is 0.474 e. The predicted octanol–water partition coefficient (Wildman–Crippen LogP) is 3.66. The lowest BCUT2D eigenvalue weighted by molar-refractivity contribution is 0.0366. The fourth-order valence-electron chi connectivity index (χ4n) is 5.82. The van der Waals surface area contributed by atoms with Crippen molar-refractivity contribution in [2.75, 3.05) is 49.1 Å². The van der Waals surface area contributed by atoms with Gasteiger partial charge >= 0.3 is 12.1 Å². The standard InChI is InChI=1S/C27H36N6O4/c1-2-35-25-29-17-22(18-30-25)33-19-27(37-26(33)34)10-14-32(15-11-27)21-6-7-24(28-16-21)36-23-8-12-31(13-9-23)20-4-3-5-20/h6-7,16-18,20,23H,2-5,8-15,19H2,1H3. The number of piperidine rings is 2. The Hall–Kier alpha value is -3.14. The number of hydrogen-bond acceptors (Lipinski definition) is 9. The van der Waals surface area contributed by atoms with Crippen molar-refractivity contribution in [3.05, 3.63) is 30.7 Å². The number of carbonyl (C=O) groups excluding carboxylic acids is 1. The number of carbonyl (C=O) groups is 1.